The maximum atomic E-state index is 13.6. The Labute approximate surface area is 137 Å². The van der Waals surface area contributed by atoms with Gasteiger partial charge in [0.15, 0.2) is 0 Å². The summed E-state index contributed by atoms with van der Waals surface area (Å²) < 4.78 is 14.3. The zero-order chi connectivity index (χ0) is 15.5. The number of anilines is 1. The third kappa shape index (κ3) is 3.66. The van der Waals surface area contributed by atoms with Crippen LogP contribution < -0.4 is 5.32 Å². The largest absolute Gasteiger partial charge is 0.385 e. The Morgan fingerprint density at radius 2 is 2.14 bits per heavy atom. The summed E-state index contributed by atoms with van der Waals surface area (Å²) in [6.45, 7) is 2.14. The highest BCUT2D eigenvalue weighted by Gasteiger charge is 2.31. The van der Waals surface area contributed by atoms with Crippen LogP contribution in [0.1, 0.15) is 19.8 Å². The van der Waals surface area contributed by atoms with Gasteiger partial charge in [0.25, 0.3) is 0 Å². The fourth-order valence-corrected chi connectivity index (χ4v) is 4.46. The second-order valence-corrected chi connectivity index (χ2v) is 7.43. The average molecular weight is 372 g/mol. The van der Waals surface area contributed by atoms with Crippen molar-refractivity contribution < 1.29 is 4.39 Å². The van der Waals surface area contributed by atoms with Crippen molar-refractivity contribution in [2.45, 2.75) is 19.8 Å². The van der Waals surface area contributed by atoms with E-state index in [0.29, 0.717) is 10.2 Å². The first-order valence-electron chi connectivity index (χ1n) is 6.84. The molecule has 6 heteroatoms. The van der Waals surface area contributed by atoms with Gasteiger partial charge in [0, 0.05) is 29.2 Å². The summed E-state index contributed by atoms with van der Waals surface area (Å²) >= 11 is 5.28. The fraction of sp³-hybridized carbons (Fsp3) is 0.467. The smallest absolute Gasteiger partial charge is 0.126 e. The Bertz CT molecular complexity index is 568. The summed E-state index contributed by atoms with van der Waals surface area (Å²) in [5.74, 6) is 1.82. The monoisotopic (exact) mass is 371 g/mol. The van der Waals surface area contributed by atoms with E-state index >= 15 is 0 Å². The molecule has 0 atom stereocenters. The predicted octanol–water partition coefficient (Wildman–Crippen LogP) is 4.89. The first kappa shape index (κ1) is 16.5. The van der Waals surface area contributed by atoms with Crippen LogP contribution >= 0.6 is 27.7 Å². The molecule has 2 N–H and O–H groups in total. The lowest BCUT2D eigenvalue weighted by molar-refractivity contribution is 0.436. The molecular formula is C15H19BrFN3S. The van der Waals surface area contributed by atoms with Gasteiger partial charge in [0.05, 0.1) is 17.1 Å². The van der Waals surface area contributed by atoms with Crippen molar-refractivity contribution in [3.63, 3.8) is 0 Å². The second-order valence-electron chi connectivity index (χ2n) is 5.35. The van der Waals surface area contributed by atoms with Gasteiger partial charge in [-0.05, 0) is 46.3 Å². The maximum absolute atomic E-state index is 13.6. The van der Waals surface area contributed by atoms with E-state index in [1.54, 1.807) is 7.05 Å². The molecule has 1 aromatic rings. The van der Waals surface area contributed by atoms with Gasteiger partial charge in [-0.2, -0.15) is 11.8 Å². The number of rotatable bonds is 4. The number of aliphatic imine (C=N–C) groups is 1. The van der Waals surface area contributed by atoms with E-state index in [-0.39, 0.29) is 11.2 Å². The summed E-state index contributed by atoms with van der Waals surface area (Å²) in [4.78, 5) is 4.60. The quantitative estimate of drug-likeness (QED) is 0.740. The van der Waals surface area contributed by atoms with Gasteiger partial charge in [-0.3, -0.25) is 0 Å². The topological polar surface area (TPSA) is 48.2 Å². The first-order chi connectivity index (χ1) is 10.00. The summed E-state index contributed by atoms with van der Waals surface area (Å²) in [6.07, 6.45) is 3.31. The molecule has 1 heterocycles. The van der Waals surface area contributed by atoms with Gasteiger partial charge < -0.3 is 10.7 Å². The van der Waals surface area contributed by atoms with E-state index in [1.807, 2.05) is 11.8 Å². The zero-order valence-corrected chi connectivity index (χ0v) is 14.6. The minimum atomic E-state index is -0.340. The molecule has 0 amide bonds. The molecule has 0 aromatic heterocycles. The molecule has 0 spiro atoms. The Morgan fingerprint density at radius 1 is 1.48 bits per heavy atom. The number of nitrogens with zero attached hydrogens (tertiary/aromatic N) is 1. The molecular weight excluding hydrogens is 353 g/mol. The molecule has 1 aromatic carbocycles. The van der Waals surface area contributed by atoms with Crippen molar-refractivity contribution in [2.75, 3.05) is 23.9 Å². The van der Waals surface area contributed by atoms with Gasteiger partial charge in [-0.25, -0.2) is 9.38 Å². The lowest BCUT2D eigenvalue weighted by Gasteiger charge is -2.33. The van der Waals surface area contributed by atoms with Crippen LogP contribution in [0.3, 0.4) is 0 Å². The predicted molar refractivity (Wildman–Crippen MR) is 94.2 cm³/mol. The molecule has 0 saturated carbocycles. The van der Waals surface area contributed by atoms with Crippen molar-refractivity contribution in [1.29, 1.82) is 5.41 Å². The third-order valence-electron chi connectivity index (χ3n) is 3.88. The van der Waals surface area contributed by atoms with Gasteiger partial charge in [0.2, 0.25) is 0 Å². The maximum Gasteiger partial charge on any atom is 0.126 e. The molecule has 1 aliphatic heterocycles. The van der Waals surface area contributed by atoms with Crippen LogP contribution in [0, 0.1) is 16.6 Å². The van der Waals surface area contributed by atoms with Crippen LogP contribution in [0.5, 0.6) is 0 Å². The molecule has 2 rings (SSSR count). The normalized spacial score (nSPS) is 18.4. The minimum absolute atomic E-state index is 0.100. The first-order valence-corrected chi connectivity index (χ1v) is 8.79. The standard InChI is InChI=1S/C15H19BrFN3S/c1-15(3-5-21-6-4-15)13(9-18)20-12-8-10(17)7-11(16)14(12)19-2/h7-9,18-19H,3-6H2,1-2H3/b18-9?,20-13+. The van der Waals surface area contributed by atoms with Gasteiger partial charge >= 0.3 is 0 Å². The summed E-state index contributed by atoms with van der Waals surface area (Å²) in [6, 6.07) is 2.81. The van der Waals surface area contributed by atoms with Crippen LogP contribution in [0.2, 0.25) is 0 Å². The molecule has 0 aliphatic carbocycles. The van der Waals surface area contributed by atoms with Crippen molar-refractivity contribution >= 4 is 51.0 Å². The van der Waals surface area contributed by atoms with Crippen molar-refractivity contribution in [3.8, 4) is 0 Å². The van der Waals surface area contributed by atoms with E-state index < -0.39 is 0 Å². The average Bonchev–Trinajstić information content (AvgIpc) is 2.45. The number of thioether (sulfide) groups is 1. The summed E-state index contributed by atoms with van der Waals surface area (Å²) in [5, 5.41) is 10.8. The highest BCUT2D eigenvalue weighted by molar-refractivity contribution is 9.10. The molecule has 0 bridgehead atoms. The van der Waals surface area contributed by atoms with Crippen molar-refractivity contribution in [3.05, 3.63) is 22.4 Å². The van der Waals surface area contributed by atoms with Gasteiger partial charge in [-0.15, -0.1) is 0 Å². The summed E-state index contributed by atoms with van der Waals surface area (Å²) in [7, 11) is 1.78. The fourth-order valence-electron chi connectivity index (χ4n) is 2.44. The lowest BCUT2D eigenvalue weighted by Crippen LogP contribution is -2.32. The van der Waals surface area contributed by atoms with Crippen LogP contribution in [0.4, 0.5) is 15.8 Å². The molecule has 0 radical (unpaired) electrons. The zero-order valence-electron chi connectivity index (χ0n) is 12.2. The Balaban J connectivity index is 2.47. The lowest BCUT2D eigenvalue weighted by atomic mass is 9.79. The van der Waals surface area contributed by atoms with Gasteiger partial charge in [-0.1, -0.05) is 6.92 Å². The number of hydrogen-bond donors (Lipinski definition) is 2. The third-order valence-corrected chi connectivity index (χ3v) is 5.49. The molecule has 114 valence electrons. The molecule has 3 nitrogen and oxygen atoms in total. The molecule has 1 saturated heterocycles. The van der Waals surface area contributed by atoms with E-state index in [9.17, 15) is 4.39 Å². The van der Waals surface area contributed by atoms with E-state index in [0.717, 1.165) is 35.7 Å². The minimum Gasteiger partial charge on any atom is -0.385 e. The molecule has 1 fully saturated rings. The Kier molecular flexibility index (Phi) is 5.43. The second kappa shape index (κ2) is 6.92. The number of halogens is 2. The van der Waals surface area contributed by atoms with E-state index in [2.05, 4.69) is 33.2 Å². The van der Waals surface area contributed by atoms with E-state index in [1.165, 1.54) is 18.3 Å². The molecule has 0 unspecified atom stereocenters. The highest BCUT2D eigenvalue weighted by Crippen LogP contribution is 2.39. The van der Waals surface area contributed by atoms with Crippen LogP contribution in [-0.2, 0) is 0 Å². The van der Waals surface area contributed by atoms with Crippen molar-refractivity contribution in [1.82, 2.24) is 0 Å². The number of hydrogen-bond acceptors (Lipinski definition) is 4. The van der Waals surface area contributed by atoms with Crippen LogP contribution in [-0.4, -0.2) is 30.5 Å². The highest BCUT2D eigenvalue weighted by atomic mass is 79.9. The molecule has 1 aliphatic rings. The SMILES string of the molecule is CNc1c(Br)cc(F)cc1/N=C(\C=N)C1(C)CCSCC1. The Hall–Kier alpha value is -0.880. The number of benzene rings is 1. The van der Waals surface area contributed by atoms with E-state index in [4.69, 9.17) is 5.41 Å². The number of nitrogens with one attached hydrogen (secondary N) is 2. The summed E-state index contributed by atoms with van der Waals surface area (Å²) in [5.41, 5.74) is 1.89. The van der Waals surface area contributed by atoms with Crippen LogP contribution in [0.25, 0.3) is 0 Å². The molecule has 21 heavy (non-hydrogen) atoms. The van der Waals surface area contributed by atoms with Gasteiger partial charge in [0.1, 0.15) is 5.82 Å². The van der Waals surface area contributed by atoms with Crippen LogP contribution in [0.15, 0.2) is 21.6 Å². The van der Waals surface area contributed by atoms with Crippen molar-refractivity contribution in [2.24, 2.45) is 10.4 Å². The Morgan fingerprint density at radius 3 is 2.71 bits per heavy atom.